The molecule has 38 heavy (non-hydrogen) atoms. The fraction of sp³-hybridized carbons (Fsp3) is 0.600. The number of fused-ring (bicyclic) bond motifs is 1. The van der Waals surface area contributed by atoms with Crippen molar-refractivity contribution < 1.29 is 27.8 Å². The smallest absolute Gasteiger partial charge is 0.392 e. The number of ether oxygens (including phenoxy) is 2. The van der Waals surface area contributed by atoms with Crippen LogP contribution in [0, 0.1) is 5.92 Å². The monoisotopic (exact) mass is 535 g/mol. The lowest BCUT2D eigenvalue weighted by atomic mass is 9.94. The predicted octanol–water partition coefficient (Wildman–Crippen LogP) is 4.34. The van der Waals surface area contributed by atoms with Gasteiger partial charge in [-0.25, -0.2) is 15.0 Å². The molecule has 2 fully saturated rings. The van der Waals surface area contributed by atoms with Crippen LogP contribution in [0.15, 0.2) is 24.5 Å². The Balaban J connectivity index is 1.33. The third kappa shape index (κ3) is 5.84. The van der Waals surface area contributed by atoms with Crippen molar-refractivity contribution in [3.63, 3.8) is 0 Å². The minimum Gasteiger partial charge on any atom is -0.392 e. The zero-order valence-electron chi connectivity index (χ0n) is 21.4. The van der Waals surface area contributed by atoms with Crippen molar-refractivity contribution in [3.05, 3.63) is 30.4 Å². The summed E-state index contributed by atoms with van der Waals surface area (Å²) in [6.45, 7) is 4.98. The molecular weight excluding hydrogens is 503 g/mol. The Morgan fingerprint density at radius 2 is 2.03 bits per heavy atom. The number of halogens is 3. The van der Waals surface area contributed by atoms with Gasteiger partial charge in [0.2, 0.25) is 5.95 Å². The summed E-state index contributed by atoms with van der Waals surface area (Å²) in [5.74, 6) is -0.00751. The number of nitrogens with zero attached hydrogens (tertiary/aromatic N) is 6. The van der Waals surface area contributed by atoms with E-state index in [1.54, 1.807) is 12.3 Å². The van der Waals surface area contributed by atoms with E-state index >= 15 is 0 Å². The number of aromatic nitrogens is 5. The number of hydrogen-bond acceptors (Lipinski definition) is 9. The summed E-state index contributed by atoms with van der Waals surface area (Å²) in [4.78, 5) is 19.2. The van der Waals surface area contributed by atoms with E-state index in [4.69, 9.17) is 14.5 Å². The highest BCUT2D eigenvalue weighted by atomic mass is 19.4. The van der Waals surface area contributed by atoms with Crippen LogP contribution >= 0.6 is 0 Å². The first kappa shape index (κ1) is 26.6. The van der Waals surface area contributed by atoms with Gasteiger partial charge in [0.15, 0.2) is 6.29 Å². The molecule has 0 aromatic carbocycles. The highest BCUT2D eigenvalue weighted by Gasteiger charge is 2.47. The summed E-state index contributed by atoms with van der Waals surface area (Å²) in [6, 6.07) is 3.60. The second-order valence-electron chi connectivity index (χ2n) is 9.97. The van der Waals surface area contributed by atoms with Crippen LogP contribution in [-0.2, 0) is 16.1 Å². The Morgan fingerprint density at radius 1 is 1.18 bits per heavy atom. The lowest BCUT2D eigenvalue weighted by molar-refractivity contribution is -0.200. The van der Waals surface area contributed by atoms with Gasteiger partial charge in [-0.1, -0.05) is 0 Å². The van der Waals surface area contributed by atoms with Gasteiger partial charge in [0.1, 0.15) is 29.6 Å². The third-order valence-electron chi connectivity index (χ3n) is 6.88. The molecule has 0 saturated carbocycles. The molecule has 0 amide bonds. The number of rotatable bonds is 7. The second kappa shape index (κ2) is 11.0. The number of nitrogens with one attached hydrogen (secondary N) is 1. The summed E-state index contributed by atoms with van der Waals surface area (Å²) in [5, 5.41) is 13.0. The molecule has 5 rings (SSSR count). The van der Waals surface area contributed by atoms with Crippen LogP contribution in [-0.4, -0.2) is 67.9 Å². The fourth-order valence-electron chi connectivity index (χ4n) is 4.95. The minimum atomic E-state index is -4.50. The van der Waals surface area contributed by atoms with Crippen molar-refractivity contribution in [2.75, 3.05) is 29.9 Å². The zero-order chi connectivity index (χ0) is 26.9. The molecule has 2 aliphatic rings. The molecule has 3 aromatic heterocycles. The first-order valence-corrected chi connectivity index (χ1v) is 12.9. The molecule has 2 N–H and O–H groups in total. The average Bonchev–Trinajstić information content (AvgIpc) is 3.26. The van der Waals surface area contributed by atoms with Crippen LogP contribution in [0.3, 0.4) is 0 Å². The summed E-state index contributed by atoms with van der Waals surface area (Å²) in [6.07, 6.45) is -0.0146. The molecule has 3 atom stereocenters. The number of imidazole rings is 1. The van der Waals surface area contributed by atoms with Gasteiger partial charge in [0.25, 0.3) is 0 Å². The van der Waals surface area contributed by atoms with E-state index in [1.165, 1.54) is 11.1 Å². The molecule has 0 bridgehead atoms. The first-order valence-electron chi connectivity index (χ1n) is 12.9. The molecule has 3 aromatic rings. The predicted molar refractivity (Wildman–Crippen MR) is 134 cm³/mol. The minimum absolute atomic E-state index is 0.0124. The highest BCUT2D eigenvalue weighted by Crippen LogP contribution is 2.34. The van der Waals surface area contributed by atoms with E-state index in [0.717, 1.165) is 36.1 Å². The molecule has 10 nitrogen and oxygen atoms in total. The molecule has 5 heterocycles. The van der Waals surface area contributed by atoms with E-state index in [2.05, 4.69) is 38.7 Å². The Bertz CT molecular complexity index is 1250. The average molecular weight is 536 g/mol. The number of aliphatic hydroxyl groups is 1. The maximum atomic E-state index is 13.3. The van der Waals surface area contributed by atoms with Crippen LogP contribution in [0.2, 0.25) is 0 Å². The van der Waals surface area contributed by atoms with Crippen LogP contribution < -0.4 is 10.2 Å². The lowest BCUT2D eigenvalue weighted by Crippen LogP contribution is -2.49. The topological polar surface area (TPSA) is 110 Å². The van der Waals surface area contributed by atoms with Gasteiger partial charge in [-0.3, -0.25) is 0 Å². The third-order valence-corrected chi connectivity index (χ3v) is 6.88. The van der Waals surface area contributed by atoms with E-state index in [1.807, 2.05) is 6.07 Å². The van der Waals surface area contributed by atoms with Crippen LogP contribution in [0.25, 0.3) is 11.0 Å². The number of anilines is 3. The Kier molecular flexibility index (Phi) is 7.68. The fourth-order valence-corrected chi connectivity index (χ4v) is 4.95. The molecular formula is C25H32F3N7O3. The van der Waals surface area contributed by atoms with Gasteiger partial charge in [-0.05, 0) is 45.6 Å². The number of pyridine rings is 1. The van der Waals surface area contributed by atoms with Gasteiger partial charge in [-0.2, -0.15) is 18.2 Å². The van der Waals surface area contributed by atoms with E-state index in [0.29, 0.717) is 24.8 Å². The Morgan fingerprint density at radius 3 is 2.76 bits per heavy atom. The molecule has 206 valence electrons. The number of hydrogen-bond donors (Lipinski definition) is 2. The molecule has 2 saturated heterocycles. The lowest BCUT2D eigenvalue weighted by Gasteiger charge is -2.37. The molecule has 3 unspecified atom stereocenters. The maximum Gasteiger partial charge on any atom is 0.395 e. The largest absolute Gasteiger partial charge is 0.395 e. The summed E-state index contributed by atoms with van der Waals surface area (Å²) < 4.78 is 53.8. The summed E-state index contributed by atoms with van der Waals surface area (Å²) in [5.41, 5.74) is 1.59. The molecule has 13 heteroatoms. The quantitative estimate of drug-likeness (QED) is 0.457. The summed E-state index contributed by atoms with van der Waals surface area (Å²) in [7, 11) is 0. The van der Waals surface area contributed by atoms with Crippen molar-refractivity contribution in [1.82, 2.24) is 24.5 Å². The first-order chi connectivity index (χ1) is 18.2. The van der Waals surface area contributed by atoms with E-state index < -0.39 is 24.7 Å². The van der Waals surface area contributed by atoms with Crippen molar-refractivity contribution in [1.29, 1.82) is 0 Å². The number of alkyl halides is 3. The van der Waals surface area contributed by atoms with E-state index in [9.17, 15) is 18.3 Å². The van der Waals surface area contributed by atoms with Gasteiger partial charge in [-0.15, -0.1) is 0 Å². The zero-order valence-corrected chi connectivity index (χ0v) is 21.4. The van der Waals surface area contributed by atoms with E-state index in [-0.39, 0.29) is 31.2 Å². The highest BCUT2D eigenvalue weighted by molar-refractivity contribution is 5.79. The van der Waals surface area contributed by atoms with Crippen molar-refractivity contribution >= 4 is 28.6 Å². The standard InChI is InChI=1S/C25H32F3N7O3/c1-15(2)35-18-11-21(30-12-17(18)31-22(35)14-38-23-5-3-4-10-37-23)32-20-6-8-29-24(33-20)34-9-7-19(36)16(13-34)25(26,27)28/h6,8,11-12,15-16,19,23,36H,3-5,7,9-10,13-14H2,1-2H3,(H,29,30,32,33). The molecule has 0 radical (unpaired) electrons. The van der Waals surface area contributed by atoms with Crippen LogP contribution in [0.5, 0.6) is 0 Å². The Hall–Kier alpha value is -3.03. The Labute approximate surface area is 218 Å². The van der Waals surface area contributed by atoms with Gasteiger partial charge < -0.3 is 29.4 Å². The molecule has 2 aliphatic heterocycles. The van der Waals surface area contributed by atoms with Gasteiger partial charge in [0.05, 0.1) is 23.7 Å². The molecule has 0 aliphatic carbocycles. The van der Waals surface area contributed by atoms with Crippen molar-refractivity contribution in [3.8, 4) is 0 Å². The normalized spacial score (nSPS) is 22.8. The maximum absolute atomic E-state index is 13.3. The number of piperidine rings is 1. The van der Waals surface area contributed by atoms with Crippen molar-refractivity contribution in [2.24, 2.45) is 5.92 Å². The van der Waals surface area contributed by atoms with Crippen molar-refractivity contribution in [2.45, 2.75) is 70.7 Å². The SMILES string of the molecule is CC(C)n1c(COC2CCCCO2)nc2cnc(Nc3ccnc(N4CCC(O)C(C(F)(F)F)C4)n3)cc21. The van der Waals surface area contributed by atoms with Crippen LogP contribution in [0.4, 0.5) is 30.8 Å². The summed E-state index contributed by atoms with van der Waals surface area (Å²) >= 11 is 0. The number of aliphatic hydroxyl groups excluding tert-OH is 1. The second-order valence-corrected chi connectivity index (χ2v) is 9.97. The molecule has 0 spiro atoms. The van der Waals surface area contributed by atoms with Crippen LogP contribution in [0.1, 0.15) is 51.4 Å². The van der Waals surface area contributed by atoms with Gasteiger partial charge in [0, 0.05) is 38.0 Å². The van der Waals surface area contributed by atoms with Gasteiger partial charge >= 0.3 is 6.18 Å².